The molecule has 1 saturated heterocycles. The van der Waals surface area contributed by atoms with E-state index in [4.69, 9.17) is 9.47 Å². The number of ether oxygens (including phenoxy) is 2. The van der Waals surface area contributed by atoms with Crippen LogP contribution in [0.15, 0.2) is 48.5 Å². The van der Waals surface area contributed by atoms with Crippen molar-refractivity contribution in [3.8, 4) is 5.75 Å². The Labute approximate surface area is 179 Å². The Hall–Kier alpha value is -2.57. The van der Waals surface area contributed by atoms with Crippen molar-refractivity contribution in [1.29, 1.82) is 0 Å². The highest BCUT2D eigenvalue weighted by Crippen LogP contribution is 2.24. The monoisotopic (exact) mass is 411 g/mol. The number of hydrogen-bond acceptors (Lipinski definition) is 5. The van der Waals surface area contributed by atoms with Crippen molar-refractivity contribution in [3.05, 3.63) is 59.7 Å². The topological polar surface area (TPSA) is 54.0 Å². The highest BCUT2D eigenvalue weighted by Gasteiger charge is 2.23. The van der Waals surface area contributed by atoms with Crippen molar-refractivity contribution in [2.24, 2.45) is 0 Å². The average molecular weight is 412 g/mol. The molecule has 2 aromatic carbocycles. The van der Waals surface area contributed by atoms with Gasteiger partial charge in [-0.3, -0.25) is 9.69 Å². The summed E-state index contributed by atoms with van der Waals surface area (Å²) in [6.45, 7) is 3.82. The summed E-state index contributed by atoms with van der Waals surface area (Å²) in [5, 5.41) is 3.15. The molecular formula is C24H33N3O3. The number of carbonyl (C=O) groups is 1. The molecule has 1 aliphatic heterocycles. The lowest BCUT2D eigenvalue weighted by Gasteiger charge is -2.35. The fourth-order valence-electron chi connectivity index (χ4n) is 3.69. The number of morpholine rings is 1. The highest BCUT2D eigenvalue weighted by atomic mass is 16.5. The molecule has 0 aliphatic carbocycles. The molecule has 0 spiro atoms. The van der Waals surface area contributed by atoms with Crippen molar-refractivity contribution in [1.82, 2.24) is 10.2 Å². The molecule has 2 aromatic rings. The lowest BCUT2D eigenvalue weighted by molar-refractivity contribution is -0.121. The summed E-state index contributed by atoms with van der Waals surface area (Å²) in [7, 11) is 5.73. The smallest absolute Gasteiger partial charge is 0.220 e. The van der Waals surface area contributed by atoms with Gasteiger partial charge in [0.1, 0.15) is 5.75 Å². The van der Waals surface area contributed by atoms with Gasteiger partial charge in [-0.1, -0.05) is 24.3 Å². The van der Waals surface area contributed by atoms with Crippen molar-refractivity contribution in [3.63, 3.8) is 0 Å². The van der Waals surface area contributed by atoms with Crippen LogP contribution in [0, 0.1) is 0 Å². The molecule has 1 unspecified atom stereocenters. The number of aryl methyl sites for hydroxylation is 1. The van der Waals surface area contributed by atoms with Crippen LogP contribution in [-0.4, -0.2) is 64.9 Å². The van der Waals surface area contributed by atoms with Gasteiger partial charge in [-0.25, -0.2) is 0 Å². The van der Waals surface area contributed by atoms with Crippen LogP contribution in [0.4, 0.5) is 5.69 Å². The minimum atomic E-state index is 0.0778. The van der Waals surface area contributed by atoms with Crippen molar-refractivity contribution < 1.29 is 14.3 Å². The van der Waals surface area contributed by atoms with Gasteiger partial charge >= 0.3 is 0 Å². The minimum Gasteiger partial charge on any atom is -0.497 e. The highest BCUT2D eigenvalue weighted by molar-refractivity contribution is 5.76. The average Bonchev–Trinajstić information content (AvgIpc) is 2.79. The van der Waals surface area contributed by atoms with Crippen LogP contribution in [-0.2, 0) is 16.0 Å². The van der Waals surface area contributed by atoms with E-state index in [-0.39, 0.29) is 11.9 Å². The largest absolute Gasteiger partial charge is 0.497 e. The van der Waals surface area contributed by atoms with E-state index in [9.17, 15) is 4.79 Å². The van der Waals surface area contributed by atoms with Crippen molar-refractivity contribution in [2.75, 3.05) is 59.0 Å². The summed E-state index contributed by atoms with van der Waals surface area (Å²) in [6.07, 6.45) is 1.19. The molecule has 1 fully saturated rings. The maximum atomic E-state index is 12.5. The van der Waals surface area contributed by atoms with E-state index >= 15 is 0 Å². The first kappa shape index (κ1) is 22.1. The lowest BCUT2D eigenvalue weighted by Crippen LogP contribution is -2.43. The van der Waals surface area contributed by atoms with Gasteiger partial charge in [0.05, 0.1) is 26.4 Å². The van der Waals surface area contributed by atoms with Gasteiger partial charge in [-0.05, 0) is 41.8 Å². The number of benzene rings is 2. The van der Waals surface area contributed by atoms with Gasteiger partial charge in [0, 0.05) is 45.8 Å². The summed E-state index contributed by atoms with van der Waals surface area (Å²) < 4.78 is 10.7. The van der Waals surface area contributed by atoms with Crippen molar-refractivity contribution in [2.45, 2.75) is 18.9 Å². The van der Waals surface area contributed by atoms with Gasteiger partial charge in [-0.2, -0.15) is 0 Å². The third-order valence-electron chi connectivity index (χ3n) is 5.57. The number of carbonyl (C=O) groups excluding carboxylic acids is 1. The predicted octanol–water partition coefficient (Wildman–Crippen LogP) is 2.88. The zero-order valence-electron chi connectivity index (χ0n) is 18.3. The SMILES string of the molecule is COc1ccc(CCC(=O)NCC(c2ccc(N(C)C)cc2)N2CCOCC2)cc1. The molecule has 1 amide bonds. The molecule has 1 heterocycles. The van der Waals surface area contributed by atoms with E-state index in [1.54, 1.807) is 7.11 Å². The third kappa shape index (κ3) is 6.21. The van der Waals surface area contributed by atoms with Gasteiger partial charge in [0.25, 0.3) is 0 Å². The molecule has 1 aliphatic rings. The second-order valence-electron chi connectivity index (χ2n) is 7.80. The first-order chi connectivity index (χ1) is 14.6. The van der Waals surface area contributed by atoms with Crippen LogP contribution in [0.25, 0.3) is 0 Å². The summed E-state index contributed by atoms with van der Waals surface area (Å²) >= 11 is 0. The van der Waals surface area contributed by atoms with E-state index in [0.29, 0.717) is 13.0 Å². The molecule has 30 heavy (non-hydrogen) atoms. The van der Waals surface area contributed by atoms with Crippen LogP contribution in [0.2, 0.25) is 0 Å². The van der Waals surface area contributed by atoms with Crippen LogP contribution in [0.3, 0.4) is 0 Å². The molecule has 0 bridgehead atoms. The first-order valence-corrected chi connectivity index (χ1v) is 10.6. The zero-order valence-corrected chi connectivity index (χ0v) is 18.3. The molecule has 1 N–H and O–H groups in total. The van der Waals surface area contributed by atoms with Crippen LogP contribution in [0.1, 0.15) is 23.6 Å². The zero-order chi connectivity index (χ0) is 21.3. The Morgan fingerprint density at radius 3 is 2.37 bits per heavy atom. The molecule has 1 atom stereocenters. The molecular weight excluding hydrogens is 378 g/mol. The normalized spacial score (nSPS) is 15.4. The second kappa shape index (κ2) is 11.0. The first-order valence-electron chi connectivity index (χ1n) is 10.6. The molecule has 0 saturated carbocycles. The quantitative estimate of drug-likeness (QED) is 0.688. The fraction of sp³-hybridized carbons (Fsp3) is 0.458. The predicted molar refractivity (Wildman–Crippen MR) is 120 cm³/mol. The van der Waals surface area contributed by atoms with E-state index in [2.05, 4.69) is 39.4 Å². The Bertz CT molecular complexity index is 784. The number of amides is 1. The molecule has 6 heteroatoms. The molecule has 6 nitrogen and oxygen atoms in total. The number of rotatable bonds is 9. The van der Waals surface area contributed by atoms with Gasteiger partial charge in [-0.15, -0.1) is 0 Å². The standard InChI is InChI=1S/C24H33N3O3/c1-26(2)21-9-7-20(8-10-21)23(27-14-16-30-17-15-27)18-25-24(28)13-6-19-4-11-22(29-3)12-5-19/h4-5,7-12,23H,6,13-18H2,1-3H3,(H,25,28). The van der Waals surface area contributed by atoms with Crippen LogP contribution in [0.5, 0.6) is 5.75 Å². The number of anilines is 1. The van der Waals surface area contributed by atoms with E-state index in [0.717, 1.165) is 44.0 Å². The number of nitrogens with one attached hydrogen (secondary N) is 1. The van der Waals surface area contributed by atoms with Crippen LogP contribution < -0.4 is 15.0 Å². The maximum absolute atomic E-state index is 12.5. The minimum absolute atomic E-state index is 0.0778. The van der Waals surface area contributed by atoms with E-state index < -0.39 is 0 Å². The molecule has 162 valence electrons. The Morgan fingerprint density at radius 1 is 1.10 bits per heavy atom. The third-order valence-corrected chi connectivity index (χ3v) is 5.57. The van der Waals surface area contributed by atoms with Gasteiger partial charge in [0.2, 0.25) is 5.91 Å². The van der Waals surface area contributed by atoms with Crippen molar-refractivity contribution >= 4 is 11.6 Å². The number of nitrogens with zero attached hydrogens (tertiary/aromatic N) is 2. The number of hydrogen-bond donors (Lipinski definition) is 1. The summed E-state index contributed by atoms with van der Waals surface area (Å²) in [5.41, 5.74) is 3.52. The maximum Gasteiger partial charge on any atom is 0.220 e. The number of methoxy groups -OCH3 is 1. The van der Waals surface area contributed by atoms with Gasteiger partial charge < -0.3 is 19.7 Å². The fourth-order valence-corrected chi connectivity index (χ4v) is 3.69. The van der Waals surface area contributed by atoms with E-state index in [1.807, 2.05) is 38.4 Å². The Morgan fingerprint density at radius 2 is 1.77 bits per heavy atom. The summed E-state index contributed by atoms with van der Waals surface area (Å²) in [5.74, 6) is 0.908. The summed E-state index contributed by atoms with van der Waals surface area (Å²) in [4.78, 5) is 17.0. The molecule has 0 radical (unpaired) electrons. The Kier molecular flexibility index (Phi) is 8.11. The summed E-state index contributed by atoms with van der Waals surface area (Å²) in [6, 6.07) is 16.6. The van der Waals surface area contributed by atoms with Gasteiger partial charge in [0.15, 0.2) is 0 Å². The Balaban J connectivity index is 1.58. The molecule has 0 aromatic heterocycles. The second-order valence-corrected chi connectivity index (χ2v) is 7.80. The lowest BCUT2D eigenvalue weighted by atomic mass is 10.0. The van der Waals surface area contributed by atoms with Crippen LogP contribution >= 0.6 is 0 Å². The molecule has 3 rings (SSSR count). The van der Waals surface area contributed by atoms with E-state index in [1.165, 1.54) is 11.3 Å².